The van der Waals surface area contributed by atoms with Crippen LogP contribution in [0.2, 0.25) is 0 Å². The summed E-state index contributed by atoms with van der Waals surface area (Å²) in [6.07, 6.45) is 2.00. The summed E-state index contributed by atoms with van der Waals surface area (Å²) in [4.78, 5) is 29.8. The van der Waals surface area contributed by atoms with Crippen LogP contribution in [0, 0.1) is 5.82 Å². The van der Waals surface area contributed by atoms with Gasteiger partial charge >= 0.3 is 0 Å². The van der Waals surface area contributed by atoms with Gasteiger partial charge in [-0.1, -0.05) is 36.0 Å². The number of carbonyl (C=O) groups is 1. The summed E-state index contributed by atoms with van der Waals surface area (Å²) in [5.41, 5.74) is 0.244. The number of rotatable bonds is 6. The Morgan fingerprint density at radius 2 is 2.03 bits per heavy atom. The van der Waals surface area contributed by atoms with Gasteiger partial charge in [-0.25, -0.2) is 9.37 Å². The number of thioether (sulfide) groups is 1. The summed E-state index contributed by atoms with van der Waals surface area (Å²) in [7, 11) is 0. The molecule has 1 aliphatic rings. The minimum absolute atomic E-state index is 0.0549. The first-order chi connectivity index (χ1) is 14.1. The maximum Gasteiger partial charge on any atom is 0.266 e. The molecule has 29 heavy (non-hydrogen) atoms. The highest BCUT2D eigenvalue weighted by Crippen LogP contribution is 2.22. The third kappa shape index (κ3) is 4.33. The summed E-state index contributed by atoms with van der Waals surface area (Å²) >= 11 is 1.10. The maximum atomic E-state index is 14.4. The molecule has 1 unspecified atom stereocenters. The van der Waals surface area contributed by atoms with Gasteiger partial charge < -0.3 is 10.1 Å². The molecule has 4 rings (SSSR count). The molecule has 1 aliphatic heterocycles. The van der Waals surface area contributed by atoms with Gasteiger partial charge in [-0.3, -0.25) is 14.2 Å². The Morgan fingerprint density at radius 3 is 2.83 bits per heavy atom. The van der Waals surface area contributed by atoms with E-state index in [0.29, 0.717) is 17.4 Å². The number of ether oxygens (including phenoxy) is 1. The number of aromatic nitrogens is 2. The first-order valence-electron chi connectivity index (χ1n) is 9.41. The number of halogens is 1. The van der Waals surface area contributed by atoms with E-state index in [1.54, 1.807) is 36.4 Å². The van der Waals surface area contributed by atoms with E-state index in [-0.39, 0.29) is 34.2 Å². The van der Waals surface area contributed by atoms with Crippen molar-refractivity contribution in [2.45, 2.75) is 24.1 Å². The monoisotopic (exact) mass is 413 g/mol. The second kappa shape index (κ2) is 8.75. The molecule has 0 radical (unpaired) electrons. The van der Waals surface area contributed by atoms with Crippen LogP contribution in [0.25, 0.3) is 16.6 Å². The van der Waals surface area contributed by atoms with Crippen molar-refractivity contribution in [2.75, 3.05) is 18.9 Å². The molecule has 1 N–H and O–H groups in total. The molecule has 6 nitrogen and oxygen atoms in total. The molecule has 8 heteroatoms. The van der Waals surface area contributed by atoms with Crippen molar-refractivity contribution in [3.63, 3.8) is 0 Å². The van der Waals surface area contributed by atoms with Crippen molar-refractivity contribution in [1.82, 2.24) is 14.9 Å². The molecule has 0 saturated carbocycles. The highest BCUT2D eigenvalue weighted by molar-refractivity contribution is 7.99. The summed E-state index contributed by atoms with van der Waals surface area (Å²) in [5, 5.41) is 3.50. The van der Waals surface area contributed by atoms with Crippen molar-refractivity contribution < 1.29 is 13.9 Å². The van der Waals surface area contributed by atoms with Gasteiger partial charge in [-0.05, 0) is 37.1 Å². The van der Waals surface area contributed by atoms with Crippen molar-refractivity contribution in [3.05, 3.63) is 64.7 Å². The molecule has 1 aromatic heterocycles. The molecule has 1 amide bonds. The second-order valence-electron chi connectivity index (χ2n) is 6.73. The lowest BCUT2D eigenvalue weighted by atomic mass is 10.2. The minimum atomic E-state index is -0.531. The lowest BCUT2D eigenvalue weighted by Gasteiger charge is -2.14. The quantitative estimate of drug-likeness (QED) is 0.497. The third-order valence-electron chi connectivity index (χ3n) is 4.72. The van der Waals surface area contributed by atoms with E-state index in [0.717, 1.165) is 31.2 Å². The van der Waals surface area contributed by atoms with Crippen molar-refractivity contribution in [3.8, 4) is 5.69 Å². The van der Waals surface area contributed by atoms with Gasteiger partial charge in [0.1, 0.15) is 5.82 Å². The van der Waals surface area contributed by atoms with Gasteiger partial charge in [0.05, 0.1) is 28.4 Å². The second-order valence-corrected chi connectivity index (χ2v) is 7.67. The van der Waals surface area contributed by atoms with Crippen molar-refractivity contribution in [2.24, 2.45) is 0 Å². The molecule has 3 aromatic rings. The van der Waals surface area contributed by atoms with E-state index >= 15 is 0 Å². The molecule has 2 aromatic carbocycles. The van der Waals surface area contributed by atoms with Crippen LogP contribution in [0.3, 0.4) is 0 Å². The Balaban J connectivity index is 1.62. The number of nitrogens with zero attached hydrogens (tertiary/aromatic N) is 2. The van der Waals surface area contributed by atoms with Gasteiger partial charge in [0, 0.05) is 13.2 Å². The van der Waals surface area contributed by atoms with Gasteiger partial charge in [-0.2, -0.15) is 0 Å². The van der Waals surface area contributed by atoms with Gasteiger partial charge in [-0.15, -0.1) is 0 Å². The predicted octanol–water partition coefficient (Wildman–Crippen LogP) is 2.91. The Morgan fingerprint density at radius 1 is 1.24 bits per heavy atom. The average molecular weight is 413 g/mol. The molecule has 1 fully saturated rings. The summed E-state index contributed by atoms with van der Waals surface area (Å²) in [6, 6.07) is 12.9. The lowest BCUT2D eigenvalue weighted by molar-refractivity contribution is -0.119. The number of amides is 1. The predicted molar refractivity (Wildman–Crippen MR) is 110 cm³/mol. The minimum Gasteiger partial charge on any atom is -0.376 e. The van der Waals surface area contributed by atoms with Crippen LogP contribution in [0.15, 0.2) is 58.5 Å². The standard InChI is InChI=1S/C21H20FN3O3S/c22-16-8-2-4-10-18(16)25-20(27)15-7-1-3-9-17(15)24-21(25)29-13-19(26)23-12-14-6-5-11-28-14/h1-4,7-10,14H,5-6,11-13H2,(H,23,26). The van der Waals surface area contributed by atoms with E-state index < -0.39 is 5.82 Å². The van der Waals surface area contributed by atoms with E-state index in [1.165, 1.54) is 16.7 Å². The molecule has 1 saturated heterocycles. The first-order valence-corrected chi connectivity index (χ1v) is 10.4. The normalized spacial score (nSPS) is 16.2. The Hall–Kier alpha value is -2.71. The number of benzene rings is 2. The van der Waals surface area contributed by atoms with Crippen molar-refractivity contribution in [1.29, 1.82) is 0 Å². The molecule has 0 bridgehead atoms. The molecule has 1 atom stereocenters. The molecular weight excluding hydrogens is 393 g/mol. The average Bonchev–Trinajstić information content (AvgIpc) is 3.25. The Kier molecular flexibility index (Phi) is 5.92. The Labute approximate surface area is 171 Å². The molecular formula is C21H20FN3O3S. The SMILES string of the molecule is O=C(CSc1nc2ccccc2c(=O)n1-c1ccccc1F)NCC1CCCO1. The van der Waals surface area contributed by atoms with Crippen LogP contribution < -0.4 is 10.9 Å². The first kappa shape index (κ1) is 19.6. The fraction of sp³-hybridized carbons (Fsp3) is 0.286. The van der Waals surface area contributed by atoms with E-state index in [4.69, 9.17) is 4.74 Å². The van der Waals surface area contributed by atoms with E-state index in [2.05, 4.69) is 10.3 Å². The highest BCUT2D eigenvalue weighted by atomic mass is 32.2. The Bertz CT molecular complexity index is 1100. The number of para-hydroxylation sites is 2. The zero-order valence-corrected chi connectivity index (χ0v) is 16.5. The summed E-state index contributed by atoms with van der Waals surface area (Å²) in [5.74, 6) is -0.657. The fourth-order valence-electron chi connectivity index (χ4n) is 3.27. The number of fused-ring (bicyclic) bond motifs is 1. The third-order valence-corrected chi connectivity index (χ3v) is 5.66. The van der Waals surface area contributed by atoms with E-state index in [9.17, 15) is 14.0 Å². The molecule has 2 heterocycles. The van der Waals surface area contributed by atoms with Crippen LogP contribution in [-0.4, -0.2) is 40.5 Å². The zero-order valence-electron chi connectivity index (χ0n) is 15.6. The smallest absolute Gasteiger partial charge is 0.266 e. The maximum absolute atomic E-state index is 14.4. The van der Waals surface area contributed by atoms with E-state index in [1.807, 2.05) is 0 Å². The largest absolute Gasteiger partial charge is 0.376 e. The summed E-state index contributed by atoms with van der Waals surface area (Å²) < 4.78 is 21.2. The van der Waals surface area contributed by atoms with Crippen LogP contribution >= 0.6 is 11.8 Å². The number of hydrogen-bond acceptors (Lipinski definition) is 5. The molecule has 0 aliphatic carbocycles. The number of hydrogen-bond donors (Lipinski definition) is 1. The topological polar surface area (TPSA) is 73.2 Å². The van der Waals surface area contributed by atoms with Crippen LogP contribution in [0.5, 0.6) is 0 Å². The zero-order chi connectivity index (χ0) is 20.2. The van der Waals surface area contributed by atoms with Gasteiger partial charge in [0.15, 0.2) is 5.16 Å². The highest BCUT2D eigenvalue weighted by Gasteiger charge is 2.19. The summed E-state index contributed by atoms with van der Waals surface area (Å²) in [6.45, 7) is 1.19. The van der Waals surface area contributed by atoms with Gasteiger partial charge in [0.2, 0.25) is 5.91 Å². The van der Waals surface area contributed by atoms with Crippen LogP contribution in [0.1, 0.15) is 12.8 Å². The van der Waals surface area contributed by atoms with Crippen LogP contribution in [-0.2, 0) is 9.53 Å². The van der Waals surface area contributed by atoms with Crippen LogP contribution in [0.4, 0.5) is 4.39 Å². The number of carbonyl (C=O) groups excluding carboxylic acids is 1. The molecule has 150 valence electrons. The lowest BCUT2D eigenvalue weighted by Crippen LogP contribution is -2.33. The van der Waals surface area contributed by atoms with Gasteiger partial charge in [0.25, 0.3) is 5.56 Å². The van der Waals surface area contributed by atoms with Crippen molar-refractivity contribution >= 4 is 28.6 Å². The molecule has 0 spiro atoms. The fourth-order valence-corrected chi connectivity index (χ4v) is 4.10. The number of nitrogens with one attached hydrogen (secondary N) is 1.